The Hall–Kier alpha value is -5.14. The molecular weight excluding hydrogens is 697 g/mol. The summed E-state index contributed by atoms with van der Waals surface area (Å²) < 4.78 is 0. The summed E-state index contributed by atoms with van der Waals surface area (Å²) in [7, 11) is 0. The zero-order chi connectivity index (χ0) is 39.4. The maximum atomic E-state index is 12.1. The minimum Gasteiger partial charge on any atom is -0.480 e. The van der Waals surface area contributed by atoms with Gasteiger partial charge in [0.25, 0.3) is 0 Å². The summed E-state index contributed by atoms with van der Waals surface area (Å²) >= 11 is 0. The van der Waals surface area contributed by atoms with Crippen LogP contribution in [0.15, 0.2) is 42.5 Å². The minimum absolute atomic E-state index is 0.0603. The summed E-state index contributed by atoms with van der Waals surface area (Å²) in [5.74, 6) is 9.23. The molecule has 3 N–H and O–H groups in total. The zero-order valence-electron chi connectivity index (χ0n) is 32.2. The Labute approximate surface area is 325 Å². The van der Waals surface area contributed by atoms with Crippen molar-refractivity contribution in [3.63, 3.8) is 0 Å². The molecular formula is C43H54N6O6. The monoisotopic (exact) mass is 750 g/mol. The fourth-order valence-corrected chi connectivity index (χ4v) is 6.48. The van der Waals surface area contributed by atoms with Gasteiger partial charge in [0.05, 0.1) is 29.3 Å². The van der Waals surface area contributed by atoms with E-state index in [0.717, 1.165) is 30.7 Å². The number of fused-ring (bicyclic) bond motifs is 2. The molecule has 4 rings (SSSR count). The van der Waals surface area contributed by atoms with Gasteiger partial charge in [0.15, 0.2) is 0 Å². The van der Waals surface area contributed by atoms with Crippen LogP contribution in [-0.2, 0) is 31.0 Å². The highest BCUT2D eigenvalue weighted by molar-refractivity contribution is 5.86. The molecule has 3 aromatic heterocycles. The molecule has 0 saturated carbocycles. The van der Waals surface area contributed by atoms with Crippen molar-refractivity contribution in [3.8, 4) is 23.7 Å². The first-order valence-electron chi connectivity index (χ1n) is 19.4. The molecule has 1 aliphatic rings. The number of carboxylic acids is 3. The van der Waals surface area contributed by atoms with Crippen LogP contribution in [0.3, 0.4) is 0 Å². The molecule has 4 heterocycles. The van der Waals surface area contributed by atoms with Gasteiger partial charge in [0.1, 0.15) is 11.4 Å². The molecule has 3 aromatic rings. The molecule has 0 radical (unpaired) electrons. The lowest BCUT2D eigenvalue weighted by atomic mass is 10.1. The number of aliphatic carboxylic acids is 1. The number of aromatic carboxylic acids is 2. The molecule has 2 bridgehead atoms. The van der Waals surface area contributed by atoms with Crippen LogP contribution >= 0.6 is 0 Å². The van der Waals surface area contributed by atoms with Gasteiger partial charge in [-0.05, 0) is 42.8 Å². The average Bonchev–Trinajstić information content (AvgIpc) is 3.15. The fourth-order valence-electron chi connectivity index (χ4n) is 6.48. The molecule has 292 valence electrons. The molecule has 0 aliphatic carbocycles. The Morgan fingerprint density at radius 1 is 0.636 bits per heavy atom. The molecule has 0 atom stereocenters. The predicted octanol–water partition coefficient (Wildman–Crippen LogP) is 6.32. The quantitative estimate of drug-likeness (QED) is 0.111. The first-order valence-corrected chi connectivity index (χ1v) is 19.4. The number of hydrogen-bond donors (Lipinski definition) is 3. The van der Waals surface area contributed by atoms with E-state index in [1.165, 1.54) is 50.7 Å². The van der Waals surface area contributed by atoms with Crippen molar-refractivity contribution in [2.24, 2.45) is 0 Å². The molecule has 55 heavy (non-hydrogen) atoms. The Bertz CT molecular complexity index is 1880. The third kappa shape index (κ3) is 15.6. The number of aromatic nitrogens is 3. The second-order valence-electron chi connectivity index (χ2n) is 14.0. The summed E-state index contributed by atoms with van der Waals surface area (Å²) in [5.41, 5.74) is 3.68. The Balaban J connectivity index is 1.57. The molecule has 12 heteroatoms. The number of rotatable bonds is 16. The molecule has 12 nitrogen and oxygen atoms in total. The molecule has 0 unspecified atom stereocenters. The largest absolute Gasteiger partial charge is 0.480 e. The van der Waals surface area contributed by atoms with Gasteiger partial charge in [-0.15, -0.1) is 0 Å². The van der Waals surface area contributed by atoms with E-state index in [1.54, 1.807) is 6.07 Å². The lowest BCUT2D eigenvalue weighted by Crippen LogP contribution is -2.41. The van der Waals surface area contributed by atoms with Crippen LogP contribution in [0.4, 0.5) is 0 Å². The van der Waals surface area contributed by atoms with E-state index in [1.807, 2.05) is 36.1 Å². The third-order valence-electron chi connectivity index (χ3n) is 9.22. The van der Waals surface area contributed by atoms with Gasteiger partial charge in [-0.25, -0.2) is 19.6 Å². The topological polar surface area (TPSA) is 160 Å². The van der Waals surface area contributed by atoms with Crippen LogP contribution in [0.2, 0.25) is 0 Å². The summed E-state index contributed by atoms with van der Waals surface area (Å²) in [4.78, 5) is 55.8. The number of hydrogen-bond acceptors (Lipinski definition) is 9. The maximum Gasteiger partial charge on any atom is 0.354 e. The van der Waals surface area contributed by atoms with Crippen molar-refractivity contribution in [2.45, 2.75) is 104 Å². The highest BCUT2D eigenvalue weighted by Gasteiger charge is 2.20. The molecule has 0 amide bonds. The molecule has 0 saturated heterocycles. The summed E-state index contributed by atoms with van der Waals surface area (Å²) in [6, 6.07) is 12.4. The Morgan fingerprint density at radius 3 is 1.71 bits per heavy atom. The summed E-state index contributed by atoms with van der Waals surface area (Å²) in [6.07, 6.45) is 11.1. The number of carboxylic acid groups (broad SMARTS) is 3. The van der Waals surface area contributed by atoms with E-state index in [-0.39, 0.29) is 17.9 Å². The van der Waals surface area contributed by atoms with Gasteiger partial charge in [0.2, 0.25) is 0 Å². The second kappa shape index (κ2) is 22.9. The summed E-state index contributed by atoms with van der Waals surface area (Å²) in [5, 5.41) is 29.4. The second-order valence-corrected chi connectivity index (χ2v) is 14.0. The van der Waals surface area contributed by atoms with Gasteiger partial charge >= 0.3 is 17.9 Å². The van der Waals surface area contributed by atoms with Crippen molar-refractivity contribution >= 4 is 17.9 Å². The van der Waals surface area contributed by atoms with E-state index < -0.39 is 17.9 Å². The van der Waals surface area contributed by atoms with Crippen LogP contribution in [0.1, 0.15) is 133 Å². The molecule has 1 aliphatic heterocycles. The average molecular weight is 751 g/mol. The van der Waals surface area contributed by atoms with Gasteiger partial charge in [-0.3, -0.25) is 24.5 Å². The van der Waals surface area contributed by atoms with E-state index in [2.05, 4.69) is 50.4 Å². The lowest BCUT2D eigenvalue weighted by Gasteiger charge is -2.30. The van der Waals surface area contributed by atoms with Crippen LogP contribution in [-0.4, -0.2) is 95.6 Å². The highest BCUT2D eigenvalue weighted by Crippen LogP contribution is 2.16. The number of unbranched alkanes of at least 4 members (excludes halogenated alkanes) is 8. The normalized spacial score (nSPS) is 14.1. The highest BCUT2D eigenvalue weighted by atomic mass is 16.4. The van der Waals surface area contributed by atoms with Crippen molar-refractivity contribution in [2.75, 3.05) is 32.7 Å². The number of carbonyl (C=O) groups is 3. The Morgan fingerprint density at radius 2 is 1.15 bits per heavy atom. The van der Waals surface area contributed by atoms with E-state index >= 15 is 0 Å². The van der Waals surface area contributed by atoms with Gasteiger partial charge in [0, 0.05) is 76.3 Å². The third-order valence-corrected chi connectivity index (χ3v) is 9.22. The SMILES string of the molecule is CCC#Cc1cc(CN2CCN(CC(=O)O)Cc3cccc(n3)CN(Cc3cc(C#CCCCCCCCCCC)cc(C(=O)O)n3)CC2)nc(C(=O)O)c1. The van der Waals surface area contributed by atoms with Crippen molar-refractivity contribution < 1.29 is 29.7 Å². The van der Waals surface area contributed by atoms with Crippen LogP contribution in [0, 0.1) is 23.7 Å². The lowest BCUT2D eigenvalue weighted by molar-refractivity contribution is -0.138. The van der Waals surface area contributed by atoms with Crippen molar-refractivity contribution in [3.05, 3.63) is 87.8 Å². The fraction of sp³-hybridized carbons (Fsp3) is 0.488. The smallest absolute Gasteiger partial charge is 0.354 e. The van der Waals surface area contributed by atoms with Gasteiger partial charge < -0.3 is 15.3 Å². The van der Waals surface area contributed by atoms with E-state index in [4.69, 9.17) is 4.98 Å². The minimum atomic E-state index is -1.14. The van der Waals surface area contributed by atoms with Gasteiger partial charge in [-0.2, -0.15) is 0 Å². The maximum absolute atomic E-state index is 12.1. The van der Waals surface area contributed by atoms with Crippen molar-refractivity contribution in [1.82, 2.24) is 29.7 Å². The first-order chi connectivity index (χ1) is 26.6. The Kier molecular flexibility index (Phi) is 17.8. The van der Waals surface area contributed by atoms with Crippen LogP contribution < -0.4 is 0 Å². The van der Waals surface area contributed by atoms with Crippen LogP contribution in [0.25, 0.3) is 0 Å². The molecule has 0 spiro atoms. The van der Waals surface area contributed by atoms with Crippen molar-refractivity contribution in [1.29, 1.82) is 0 Å². The van der Waals surface area contributed by atoms with E-state index in [0.29, 0.717) is 81.3 Å². The molecule has 0 fully saturated rings. The standard InChI is InChI=1S/C43H54N6O6/c1-3-5-7-8-9-10-11-12-13-14-17-34-25-38(46-40(27-34)43(54)55)31-48-22-20-47(30-37-24-33(16-6-4-2)26-39(45-37)42(52)53)21-23-49(32-41(50)51)29-36-19-15-18-35(28-48)44-36/h15,18-19,24-27H,3-5,7-13,20-23,28-32H2,1-2H3,(H,50,51)(H,52,53)(H,54,55). The van der Waals surface area contributed by atoms with Gasteiger partial charge in [-0.1, -0.05) is 88.5 Å². The van der Waals surface area contributed by atoms with Crippen LogP contribution in [0.5, 0.6) is 0 Å². The molecule has 0 aromatic carbocycles. The zero-order valence-corrected chi connectivity index (χ0v) is 32.2. The summed E-state index contributed by atoms with van der Waals surface area (Å²) in [6.45, 7) is 7.32. The van der Waals surface area contributed by atoms with E-state index in [9.17, 15) is 29.7 Å². The number of nitrogens with zero attached hydrogens (tertiary/aromatic N) is 6. The first kappa shape index (κ1) is 42.6. The number of pyridine rings is 3. The predicted molar refractivity (Wildman–Crippen MR) is 210 cm³/mol.